The maximum atomic E-state index is 13.5. The van der Waals surface area contributed by atoms with Crippen LogP contribution in [0.1, 0.15) is 17.5 Å². The van der Waals surface area contributed by atoms with Gasteiger partial charge in [0.2, 0.25) is 0 Å². The van der Waals surface area contributed by atoms with Crippen LogP contribution in [0.4, 0.5) is 17.6 Å². The summed E-state index contributed by atoms with van der Waals surface area (Å²) in [5, 5.41) is 0. The number of nitrogens with two attached hydrogens (primary N) is 1. The lowest BCUT2D eigenvalue weighted by Crippen LogP contribution is -2.11. The molecule has 0 fully saturated rings. The van der Waals surface area contributed by atoms with E-state index in [2.05, 4.69) is 11.8 Å². The molecular formula is C13H13F4NO. The fourth-order valence-corrected chi connectivity index (χ4v) is 1.27. The van der Waals surface area contributed by atoms with Crippen LogP contribution in [0.15, 0.2) is 18.2 Å². The molecule has 2 N–H and O–H groups in total. The van der Waals surface area contributed by atoms with Gasteiger partial charge in [-0.15, -0.1) is 0 Å². The Balaban J connectivity index is 2.51. The lowest BCUT2D eigenvalue weighted by Gasteiger charge is -2.08. The van der Waals surface area contributed by atoms with Gasteiger partial charge in [-0.05, 0) is 12.1 Å². The third-order valence-corrected chi connectivity index (χ3v) is 2.18. The maximum absolute atomic E-state index is 13.5. The minimum atomic E-state index is -4.26. The highest BCUT2D eigenvalue weighted by Gasteiger charge is 2.26. The van der Waals surface area contributed by atoms with Crippen LogP contribution in [0, 0.1) is 17.7 Å². The van der Waals surface area contributed by atoms with Crippen molar-refractivity contribution >= 4 is 0 Å². The van der Waals surface area contributed by atoms with E-state index in [1.165, 1.54) is 12.1 Å². The molecule has 0 aromatic heterocycles. The Kier molecular flexibility index (Phi) is 5.80. The number of alkyl halides is 3. The molecule has 1 aromatic rings. The summed E-state index contributed by atoms with van der Waals surface area (Å²) in [5.74, 6) is 4.67. The van der Waals surface area contributed by atoms with Crippen molar-refractivity contribution in [1.82, 2.24) is 0 Å². The Labute approximate surface area is 108 Å². The fraction of sp³-hybridized carbons (Fsp3) is 0.385. The number of hydrogen-bond donors (Lipinski definition) is 1. The first kappa shape index (κ1) is 15.5. The van der Waals surface area contributed by atoms with Crippen LogP contribution in [0.3, 0.4) is 0 Å². The maximum Gasteiger partial charge on any atom is 0.391 e. The van der Waals surface area contributed by atoms with Gasteiger partial charge in [0.15, 0.2) is 0 Å². The molecule has 0 amide bonds. The predicted molar refractivity (Wildman–Crippen MR) is 62.7 cm³/mol. The van der Waals surface area contributed by atoms with E-state index in [0.29, 0.717) is 5.56 Å². The summed E-state index contributed by atoms with van der Waals surface area (Å²) in [5.41, 5.74) is 5.84. The lowest BCUT2D eigenvalue weighted by molar-refractivity contribution is -0.146. The monoisotopic (exact) mass is 275 g/mol. The van der Waals surface area contributed by atoms with Crippen LogP contribution in [0.25, 0.3) is 0 Å². The summed E-state index contributed by atoms with van der Waals surface area (Å²) in [6.45, 7) is -0.520. The van der Waals surface area contributed by atoms with E-state index in [4.69, 9.17) is 10.5 Å². The summed E-state index contributed by atoms with van der Waals surface area (Å²) in [6, 6.07) is 4.20. The number of halogens is 4. The quantitative estimate of drug-likeness (QED) is 0.521. The second kappa shape index (κ2) is 7.12. The molecule has 0 atom stereocenters. The minimum absolute atomic E-state index is 0.171. The van der Waals surface area contributed by atoms with Gasteiger partial charge in [-0.2, -0.15) is 13.2 Å². The van der Waals surface area contributed by atoms with Gasteiger partial charge in [-0.25, -0.2) is 4.39 Å². The third kappa shape index (κ3) is 6.22. The van der Waals surface area contributed by atoms with Crippen molar-refractivity contribution in [2.75, 3.05) is 13.2 Å². The van der Waals surface area contributed by atoms with E-state index in [1.807, 2.05) is 0 Å². The van der Waals surface area contributed by atoms with E-state index in [1.54, 1.807) is 6.07 Å². The van der Waals surface area contributed by atoms with Crippen LogP contribution < -0.4 is 5.73 Å². The second-order valence-corrected chi connectivity index (χ2v) is 3.73. The molecular weight excluding hydrogens is 262 g/mol. The largest absolute Gasteiger partial charge is 0.391 e. The summed E-state index contributed by atoms with van der Waals surface area (Å²) >= 11 is 0. The molecule has 0 aliphatic carbocycles. The summed E-state index contributed by atoms with van der Waals surface area (Å²) in [6.07, 6.45) is -5.31. The first-order valence-electron chi connectivity index (χ1n) is 5.54. The molecule has 0 aliphatic rings. The number of hydrogen-bond acceptors (Lipinski definition) is 2. The summed E-state index contributed by atoms with van der Waals surface area (Å²) in [4.78, 5) is 0. The topological polar surface area (TPSA) is 35.2 Å². The molecule has 2 nitrogen and oxygen atoms in total. The molecule has 0 heterocycles. The van der Waals surface area contributed by atoms with Crippen molar-refractivity contribution in [3.63, 3.8) is 0 Å². The highest BCUT2D eigenvalue weighted by molar-refractivity contribution is 5.37. The first-order valence-corrected chi connectivity index (χ1v) is 5.54. The smallest absolute Gasteiger partial charge is 0.376 e. The number of rotatable bonds is 4. The summed E-state index contributed by atoms with van der Waals surface area (Å²) in [7, 11) is 0. The van der Waals surface area contributed by atoms with E-state index in [-0.39, 0.29) is 18.7 Å². The van der Waals surface area contributed by atoms with E-state index in [9.17, 15) is 17.6 Å². The Bertz CT molecular complexity index is 474. The zero-order valence-electron chi connectivity index (χ0n) is 10.1. The Morgan fingerprint density at radius 2 is 2.00 bits per heavy atom. The highest BCUT2D eigenvalue weighted by Crippen LogP contribution is 2.19. The molecule has 0 saturated carbocycles. The van der Waals surface area contributed by atoms with Crippen LogP contribution in [0.5, 0.6) is 0 Å². The van der Waals surface area contributed by atoms with Gasteiger partial charge in [0.05, 0.1) is 26.2 Å². The van der Waals surface area contributed by atoms with Gasteiger partial charge in [-0.1, -0.05) is 17.9 Å². The standard InChI is InChI=1S/C13H13F4NO/c14-12-8-10(2-1-6-18)3-4-11(12)9-19-7-5-13(15,16)17/h3-4,8H,5-7,9,18H2. The fourth-order valence-electron chi connectivity index (χ4n) is 1.27. The molecule has 0 spiro atoms. The zero-order chi connectivity index (χ0) is 14.3. The molecule has 0 bridgehead atoms. The van der Waals surface area contributed by atoms with Crippen molar-refractivity contribution in [2.24, 2.45) is 5.73 Å². The number of ether oxygens (including phenoxy) is 1. The average Bonchev–Trinajstić information content (AvgIpc) is 2.32. The van der Waals surface area contributed by atoms with Crippen molar-refractivity contribution < 1.29 is 22.3 Å². The van der Waals surface area contributed by atoms with Gasteiger partial charge in [0.25, 0.3) is 0 Å². The molecule has 0 aliphatic heterocycles. The van der Waals surface area contributed by atoms with Crippen molar-refractivity contribution in [1.29, 1.82) is 0 Å². The van der Waals surface area contributed by atoms with E-state index in [0.717, 1.165) is 0 Å². The molecule has 19 heavy (non-hydrogen) atoms. The Morgan fingerprint density at radius 1 is 1.26 bits per heavy atom. The lowest BCUT2D eigenvalue weighted by atomic mass is 10.1. The van der Waals surface area contributed by atoms with E-state index < -0.39 is 25.0 Å². The normalized spacial score (nSPS) is 11.0. The molecule has 0 unspecified atom stereocenters. The van der Waals surface area contributed by atoms with Crippen LogP contribution >= 0.6 is 0 Å². The molecule has 1 aromatic carbocycles. The Hall–Kier alpha value is -1.58. The second-order valence-electron chi connectivity index (χ2n) is 3.73. The van der Waals surface area contributed by atoms with Crippen molar-refractivity contribution in [3.05, 3.63) is 35.1 Å². The minimum Gasteiger partial charge on any atom is -0.376 e. The molecule has 6 heteroatoms. The van der Waals surface area contributed by atoms with Gasteiger partial charge < -0.3 is 10.5 Å². The average molecular weight is 275 g/mol. The van der Waals surface area contributed by atoms with Gasteiger partial charge in [-0.3, -0.25) is 0 Å². The van der Waals surface area contributed by atoms with Gasteiger partial charge in [0.1, 0.15) is 5.82 Å². The molecule has 0 radical (unpaired) electrons. The van der Waals surface area contributed by atoms with Crippen LogP contribution in [-0.2, 0) is 11.3 Å². The molecule has 104 valence electrons. The summed E-state index contributed by atoms with van der Waals surface area (Å²) < 4.78 is 53.9. The third-order valence-electron chi connectivity index (χ3n) is 2.18. The SMILES string of the molecule is NCC#Cc1ccc(COCCC(F)(F)F)c(F)c1. The highest BCUT2D eigenvalue weighted by atomic mass is 19.4. The van der Waals surface area contributed by atoms with Gasteiger partial charge >= 0.3 is 6.18 Å². The van der Waals surface area contributed by atoms with Crippen molar-refractivity contribution in [3.8, 4) is 11.8 Å². The first-order chi connectivity index (χ1) is 8.92. The van der Waals surface area contributed by atoms with Crippen LogP contribution in [0.2, 0.25) is 0 Å². The number of benzene rings is 1. The predicted octanol–water partition coefficient (Wildman–Crippen LogP) is 2.60. The molecule has 1 rings (SSSR count). The molecule has 0 saturated heterocycles. The van der Waals surface area contributed by atoms with Crippen molar-refractivity contribution in [2.45, 2.75) is 19.2 Å². The van der Waals surface area contributed by atoms with Gasteiger partial charge in [0, 0.05) is 11.1 Å². The van der Waals surface area contributed by atoms with E-state index >= 15 is 0 Å². The van der Waals surface area contributed by atoms with Crippen LogP contribution in [-0.4, -0.2) is 19.3 Å². The Morgan fingerprint density at radius 3 is 2.58 bits per heavy atom. The zero-order valence-corrected chi connectivity index (χ0v) is 10.1.